The highest BCUT2D eigenvalue weighted by atomic mass is 35.5. The predicted octanol–water partition coefficient (Wildman–Crippen LogP) is 2.65. The highest BCUT2D eigenvalue weighted by molar-refractivity contribution is 7.15. The summed E-state index contributed by atoms with van der Waals surface area (Å²) in [6, 6.07) is 0. The van der Waals surface area contributed by atoms with Crippen LogP contribution in [-0.2, 0) is 6.54 Å². The average Bonchev–Trinajstić information content (AvgIpc) is 2.86. The van der Waals surface area contributed by atoms with Crippen molar-refractivity contribution < 1.29 is 0 Å². The Bertz CT molecular complexity index is 470. The fraction of sp³-hybridized carbons (Fsp3) is 0.500. The minimum Gasteiger partial charge on any atom is -0.297 e. The zero-order chi connectivity index (χ0) is 10.3. The summed E-state index contributed by atoms with van der Waals surface area (Å²) in [4.78, 5) is 7.77. The third-order valence-electron chi connectivity index (χ3n) is 2.88. The lowest BCUT2D eigenvalue weighted by atomic mass is 10.4. The first-order valence-electron chi connectivity index (χ1n) is 5.17. The highest BCUT2D eigenvalue weighted by Crippen LogP contribution is 2.23. The van der Waals surface area contributed by atoms with Gasteiger partial charge in [-0.3, -0.25) is 9.30 Å². The van der Waals surface area contributed by atoms with Crippen molar-refractivity contribution in [2.75, 3.05) is 13.1 Å². The van der Waals surface area contributed by atoms with Gasteiger partial charge in [-0.1, -0.05) is 11.6 Å². The maximum absolute atomic E-state index is 6.14. The summed E-state index contributed by atoms with van der Waals surface area (Å²) in [5, 5.41) is 2.71. The van der Waals surface area contributed by atoms with Crippen LogP contribution in [0.15, 0.2) is 11.6 Å². The van der Waals surface area contributed by atoms with E-state index in [9.17, 15) is 0 Å². The van der Waals surface area contributed by atoms with Gasteiger partial charge in [-0.15, -0.1) is 11.3 Å². The van der Waals surface area contributed by atoms with Crippen LogP contribution in [0.4, 0.5) is 0 Å². The molecule has 1 fully saturated rings. The zero-order valence-corrected chi connectivity index (χ0v) is 9.89. The molecule has 2 aromatic heterocycles. The number of thiazole rings is 1. The minimum atomic E-state index is 0.661. The molecule has 3 rings (SSSR count). The van der Waals surface area contributed by atoms with Crippen LogP contribution in [0, 0.1) is 0 Å². The maximum Gasteiger partial charge on any atom is 0.195 e. The number of aromatic nitrogens is 2. The second-order valence-corrected chi connectivity index (χ2v) is 5.12. The lowest BCUT2D eigenvalue weighted by Crippen LogP contribution is -2.19. The molecule has 15 heavy (non-hydrogen) atoms. The van der Waals surface area contributed by atoms with Gasteiger partial charge < -0.3 is 0 Å². The Balaban J connectivity index is 1.94. The molecule has 1 aliphatic rings. The van der Waals surface area contributed by atoms with Crippen LogP contribution in [0.5, 0.6) is 0 Å². The first kappa shape index (κ1) is 9.63. The van der Waals surface area contributed by atoms with E-state index in [4.69, 9.17) is 11.6 Å². The molecule has 0 aliphatic carbocycles. The lowest BCUT2D eigenvalue weighted by Gasteiger charge is -2.13. The molecule has 0 atom stereocenters. The number of imidazole rings is 1. The molecular formula is C10H12ClN3S. The van der Waals surface area contributed by atoms with Gasteiger partial charge in [0.15, 0.2) is 10.1 Å². The summed E-state index contributed by atoms with van der Waals surface area (Å²) in [5.74, 6) is 0. The zero-order valence-electron chi connectivity index (χ0n) is 8.32. The standard InChI is InChI=1S/C10H12ClN3S/c11-9-8(7-13-3-1-2-4-13)14-5-6-15-10(14)12-9/h5-6H,1-4,7H2. The van der Waals surface area contributed by atoms with Gasteiger partial charge in [0.1, 0.15) is 0 Å². The largest absolute Gasteiger partial charge is 0.297 e. The van der Waals surface area contributed by atoms with Crippen molar-refractivity contribution in [1.82, 2.24) is 14.3 Å². The second-order valence-electron chi connectivity index (χ2n) is 3.89. The number of rotatable bonds is 2. The van der Waals surface area contributed by atoms with Crippen LogP contribution in [-0.4, -0.2) is 27.4 Å². The fourth-order valence-corrected chi connectivity index (χ4v) is 3.11. The van der Waals surface area contributed by atoms with Gasteiger partial charge in [0.05, 0.1) is 5.69 Å². The summed E-state index contributed by atoms with van der Waals surface area (Å²) in [5.41, 5.74) is 1.13. The molecule has 0 radical (unpaired) electrons. The predicted molar refractivity (Wildman–Crippen MR) is 62.6 cm³/mol. The van der Waals surface area contributed by atoms with Crippen molar-refractivity contribution in [2.24, 2.45) is 0 Å². The van der Waals surface area contributed by atoms with E-state index in [-0.39, 0.29) is 0 Å². The molecule has 1 aliphatic heterocycles. The highest BCUT2D eigenvalue weighted by Gasteiger charge is 2.17. The van der Waals surface area contributed by atoms with E-state index in [0.717, 1.165) is 17.2 Å². The number of hydrogen-bond acceptors (Lipinski definition) is 3. The molecule has 80 valence electrons. The number of fused-ring (bicyclic) bond motifs is 1. The first-order valence-corrected chi connectivity index (χ1v) is 6.42. The van der Waals surface area contributed by atoms with Gasteiger partial charge in [0, 0.05) is 18.1 Å². The third-order valence-corrected chi connectivity index (χ3v) is 3.94. The molecule has 3 heterocycles. The second kappa shape index (κ2) is 3.77. The van der Waals surface area contributed by atoms with E-state index in [0.29, 0.717) is 5.15 Å². The Labute approximate surface area is 97.3 Å². The van der Waals surface area contributed by atoms with Gasteiger partial charge in [-0.2, -0.15) is 0 Å². The average molecular weight is 242 g/mol. The Hall–Kier alpha value is -0.580. The minimum absolute atomic E-state index is 0.661. The van der Waals surface area contributed by atoms with E-state index >= 15 is 0 Å². The van der Waals surface area contributed by atoms with Crippen LogP contribution in [0.25, 0.3) is 4.96 Å². The fourth-order valence-electron chi connectivity index (χ4n) is 2.10. The normalized spacial score (nSPS) is 17.9. The maximum atomic E-state index is 6.14. The third kappa shape index (κ3) is 1.67. The molecule has 1 saturated heterocycles. The molecule has 2 aromatic rings. The SMILES string of the molecule is Clc1nc2sccn2c1CN1CCCC1. The quantitative estimate of drug-likeness (QED) is 0.806. The van der Waals surface area contributed by atoms with Crippen molar-refractivity contribution in [2.45, 2.75) is 19.4 Å². The molecule has 0 unspecified atom stereocenters. The van der Waals surface area contributed by atoms with Crippen molar-refractivity contribution in [1.29, 1.82) is 0 Å². The Morgan fingerprint density at radius 1 is 1.40 bits per heavy atom. The van der Waals surface area contributed by atoms with Crippen LogP contribution in [0.1, 0.15) is 18.5 Å². The van der Waals surface area contributed by atoms with E-state index in [1.54, 1.807) is 11.3 Å². The van der Waals surface area contributed by atoms with Crippen molar-refractivity contribution in [3.05, 3.63) is 22.4 Å². The number of halogens is 1. The molecule has 0 N–H and O–H groups in total. The molecule has 0 bridgehead atoms. The smallest absolute Gasteiger partial charge is 0.195 e. The van der Waals surface area contributed by atoms with Crippen LogP contribution >= 0.6 is 22.9 Å². The summed E-state index contributed by atoms with van der Waals surface area (Å²) in [7, 11) is 0. The van der Waals surface area contributed by atoms with Crippen molar-refractivity contribution >= 4 is 27.9 Å². The topological polar surface area (TPSA) is 20.5 Å². The van der Waals surface area contributed by atoms with Crippen molar-refractivity contribution in [3.63, 3.8) is 0 Å². The molecule has 0 aromatic carbocycles. The number of nitrogens with zero attached hydrogens (tertiary/aromatic N) is 3. The molecule has 0 spiro atoms. The van der Waals surface area contributed by atoms with Gasteiger partial charge in [0.2, 0.25) is 0 Å². The number of hydrogen-bond donors (Lipinski definition) is 0. The Morgan fingerprint density at radius 3 is 3.00 bits per heavy atom. The summed E-state index contributed by atoms with van der Waals surface area (Å²) < 4.78 is 2.10. The van der Waals surface area contributed by atoms with Gasteiger partial charge in [-0.05, 0) is 25.9 Å². The van der Waals surface area contributed by atoms with Crippen LogP contribution in [0.3, 0.4) is 0 Å². The van der Waals surface area contributed by atoms with E-state index < -0.39 is 0 Å². The monoisotopic (exact) mass is 241 g/mol. The van der Waals surface area contributed by atoms with Crippen LogP contribution < -0.4 is 0 Å². The van der Waals surface area contributed by atoms with E-state index in [2.05, 4.69) is 14.3 Å². The molecule has 0 saturated carbocycles. The molecule has 0 amide bonds. The van der Waals surface area contributed by atoms with Crippen molar-refractivity contribution in [3.8, 4) is 0 Å². The van der Waals surface area contributed by atoms with E-state index in [1.165, 1.54) is 25.9 Å². The van der Waals surface area contributed by atoms with Gasteiger partial charge in [-0.25, -0.2) is 4.98 Å². The summed E-state index contributed by atoms with van der Waals surface area (Å²) in [6.45, 7) is 3.30. The Kier molecular flexibility index (Phi) is 2.42. The lowest BCUT2D eigenvalue weighted by molar-refractivity contribution is 0.326. The van der Waals surface area contributed by atoms with Crippen LogP contribution in [0.2, 0.25) is 5.15 Å². The summed E-state index contributed by atoms with van der Waals surface area (Å²) in [6.07, 6.45) is 4.66. The number of likely N-dealkylation sites (tertiary alicyclic amines) is 1. The van der Waals surface area contributed by atoms with Gasteiger partial charge in [0.25, 0.3) is 0 Å². The molecule has 5 heteroatoms. The molecular weight excluding hydrogens is 230 g/mol. The summed E-state index contributed by atoms with van der Waals surface area (Å²) >= 11 is 7.76. The first-order chi connectivity index (χ1) is 7.34. The van der Waals surface area contributed by atoms with Gasteiger partial charge >= 0.3 is 0 Å². The van der Waals surface area contributed by atoms with E-state index in [1.807, 2.05) is 11.6 Å². The molecule has 3 nitrogen and oxygen atoms in total. The Morgan fingerprint density at radius 2 is 2.20 bits per heavy atom.